The van der Waals surface area contributed by atoms with Crippen molar-refractivity contribution >= 4 is 11.6 Å². The molecule has 1 aromatic rings. The molecule has 2 heteroatoms. The van der Waals surface area contributed by atoms with Crippen LogP contribution in [0.3, 0.4) is 0 Å². The highest BCUT2D eigenvalue weighted by Crippen LogP contribution is 2.33. The van der Waals surface area contributed by atoms with E-state index in [1.54, 1.807) is 0 Å². The van der Waals surface area contributed by atoms with Gasteiger partial charge >= 0.3 is 0 Å². The summed E-state index contributed by atoms with van der Waals surface area (Å²) in [6.45, 7) is 6.61. The molecule has 1 atom stereocenters. The summed E-state index contributed by atoms with van der Waals surface area (Å²) in [5, 5.41) is 0.919. The van der Waals surface area contributed by atoms with Gasteiger partial charge in [0.15, 0.2) is 0 Å². The first kappa shape index (κ1) is 10.9. The minimum absolute atomic E-state index is 0.746. The number of fused-ring (bicyclic) bond motifs is 1. The molecule has 0 radical (unpaired) electrons. The van der Waals surface area contributed by atoms with Gasteiger partial charge in [-0.2, -0.15) is 0 Å². The molecule has 1 aromatic heterocycles. The third-order valence-electron chi connectivity index (χ3n) is 3.44. The van der Waals surface area contributed by atoms with Crippen molar-refractivity contribution in [2.24, 2.45) is 11.8 Å². The highest BCUT2D eigenvalue weighted by atomic mass is 35.5. The molecule has 82 valence electrons. The van der Waals surface area contributed by atoms with E-state index in [0.29, 0.717) is 0 Å². The van der Waals surface area contributed by atoms with E-state index < -0.39 is 0 Å². The molecule has 1 aliphatic carbocycles. The van der Waals surface area contributed by atoms with Gasteiger partial charge < -0.3 is 0 Å². The van der Waals surface area contributed by atoms with Crippen molar-refractivity contribution in [3.8, 4) is 0 Å². The maximum Gasteiger partial charge on any atom is 0.0474 e. The van der Waals surface area contributed by atoms with Gasteiger partial charge in [-0.25, -0.2) is 0 Å². The van der Waals surface area contributed by atoms with Crippen LogP contribution in [0.4, 0.5) is 0 Å². The monoisotopic (exact) mass is 223 g/mol. The Morgan fingerprint density at radius 2 is 2.20 bits per heavy atom. The van der Waals surface area contributed by atoms with E-state index >= 15 is 0 Å². The van der Waals surface area contributed by atoms with Crippen molar-refractivity contribution in [2.45, 2.75) is 40.0 Å². The van der Waals surface area contributed by atoms with Gasteiger partial charge in [0.25, 0.3) is 0 Å². The minimum Gasteiger partial charge on any atom is -0.258 e. The van der Waals surface area contributed by atoms with Gasteiger partial charge in [-0.3, -0.25) is 4.98 Å². The van der Waals surface area contributed by atoms with Gasteiger partial charge in [0, 0.05) is 16.4 Å². The fraction of sp³-hybridized carbons (Fsp3) is 0.615. The summed E-state index contributed by atoms with van der Waals surface area (Å²) in [5.41, 5.74) is 3.57. The van der Waals surface area contributed by atoms with Gasteiger partial charge in [0.05, 0.1) is 0 Å². The molecule has 0 spiro atoms. The zero-order chi connectivity index (χ0) is 11.0. The summed E-state index contributed by atoms with van der Waals surface area (Å²) in [5.74, 6) is 1.52. The van der Waals surface area contributed by atoms with Gasteiger partial charge in [-0.05, 0) is 49.7 Å². The number of nitrogens with zero attached hydrogens (tertiary/aromatic N) is 1. The number of hydrogen-bond donors (Lipinski definition) is 0. The first-order chi connectivity index (χ1) is 7.08. The normalized spacial score (nSPS) is 20.5. The van der Waals surface area contributed by atoms with Crippen molar-refractivity contribution in [3.63, 3.8) is 0 Å². The first-order valence-electron chi connectivity index (χ1n) is 5.73. The average Bonchev–Trinajstić information content (AvgIpc) is 2.16. The Kier molecular flexibility index (Phi) is 3.01. The van der Waals surface area contributed by atoms with E-state index in [9.17, 15) is 0 Å². The maximum atomic E-state index is 6.28. The van der Waals surface area contributed by atoms with E-state index in [4.69, 9.17) is 11.6 Å². The predicted molar refractivity (Wildman–Crippen MR) is 64.3 cm³/mol. The summed E-state index contributed by atoms with van der Waals surface area (Å²) < 4.78 is 0. The van der Waals surface area contributed by atoms with E-state index in [-0.39, 0.29) is 0 Å². The van der Waals surface area contributed by atoms with Crippen LogP contribution in [0, 0.1) is 18.8 Å². The highest BCUT2D eigenvalue weighted by Gasteiger charge is 2.23. The lowest BCUT2D eigenvalue weighted by Gasteiger charge is -2.27. The molecule has 0 aliphatic heterocycles. The summed E-state index contributed by atoms with van der Waals surface area (Å²) >= 11 is 6.28. The van der Waals surface area contributed by atoms with Crippen molar-refractivity contribution < 1.29 is 0 Å². The third-order valence-corrected chi connectivity index (χ3v) is 3.78. The number of aromatic nitrogens is 1. The molecule has 1 nitrogen and oxygen atoms in total. The van der Waals surface area contributed by atoms with Crippen molar-refractivity contribution in [2.75, 3.05) is 0 Å². The second-order valence-corrected chi connectivity index (χ2v) is 5.32. The fourth-order valence-electron chi connectivity index (χ4n) is 2.40. The topological polar surface area (TPSA) is 12.9 Å². The molecule has 0 amide bonds. The number of aryl methyl sites for hydroxylation is 2. The lowest BCUT2D eigenvalue weighted by atomic mass is 9.80. The van der Waals surface area contributed by atoms with Crippen LogP contribution in [0.15, 0.2) is 6.07 Å². The summed E-state index contributed by atoms with van der Waals surface area (Å²) in [6, 6.07) is 1.99. The van der Waals surface area contributed by atoms with Crippen molar-refractivity contribution in [3.05, 3.63) is 28.0 Å². The molecule has 0 fully saturated rings. The standard InChI is InChI=1S/C13H18ClN/c1-8(2)10-4-5-13-11(7-10)12(14)6-9(3)15-13/h6,8,10H,4-5,7H2,1-3H3. The molecule has 0 saturated carbocycles. The molecule has 1 heterocycles. The van der Waals surface area contributed by atoms with Gasteiger partial charge in [0.1, 0.15) is 0 Å². The van der Waals surface area contributed by atoms with Crippen molar-refractivity contribution in [1.82, 2.24) is 4.98 Å². The third kappa shape index (κ3) is 2.17. The van der Waals surface area contributed by atoms with E-state index in [1.165, 1.54) is 17.7 Å². The lowest BCUT2D eigenvalue weighted by molar-refractivity contribution is 0.340. The van der Waals surface area contributed by atoms with Gasteiger partial charge in [-0.15, -0.1) is 0 Å². The Balaban J connectivity index is 2.33. The maximum absolute atomic E-state index is 6.28. The van der Waals surface area contributed by atoms with Crippen LogP contribution in [0.2, 0.25) is 5.02 Å². The lowest BCUT2D eigenvalue weighted by Crippen LogP contribution is -2.20. The quantitative estimate of drug-likeness (QED) is 0.706. The Morgan fingerprint density at radius 1 is 1.47 bits per heavy atom. The van der Waals surface area contributed by atoms with Crippen LogP contribution in [0.5, 0.6) is 0 Å². The number of hydrogen-bond acceptors (Lipinski definition) is 1. The van der Waals surface area contributed by atoms with Crippen LogP contribution < -0.4 is 0 Å². The van der Waals surface area contributed by atoms with Crippen LogP contribution in [0.25, 0.3) is 0 Å². The largest absolute Gasteiger partial charge is 0.258 e. The van der Waals surface area contributed by atoms with E-state index in [1.807, 2.05) is 13.0 Å². The smallest absolute Gasteiger partial charge is 0.0474 e. The molecular formula is C13H18ClN. The Hall–Kier alpha value is -0.560. The number of halogens is 1. The van der Waals surface area contributed by atoms with E-state index in [2.05, 4.69) is 18.8 Å². The van der Waals surface area contributed by atoms with Crippen LogP contribution in [-0.2, 0) is 12.8 Å². The molecule has 0 bridgehead atoms. The van der Waals surface area contributed by atoms with Crippen LogP contribution in [-0.4, -0.2) is 4.98 Å². The second kappa shape index (κ2) is 4.13. The van der Waals surface area contributed by atoms with E-state index in [0.717, 1.165) is 35.4 Å². The van der Waals surface area contributed by atoms with Crippen LogP contribution >= 0.6 is 11.6 Å². The minimum atomic E-state index is 0.746. The van der Waals surface area contributed by atoms with Crippen molar-refractivity contribution in [1.29, 1.82) is 0 Å². The molecule has 15 heavy (non-hydrogen) atoms. The second-order valence-electron chi connectivity index (χ2n) is 4.92. The SMILES string of the molecule is Cc1cc(Cl)c2c(n1)CCC(C(C)C)C2. The Morgan fingerprint density at radius 3 is 2.87 bits per heavy atom. The highest BCUT2D eigenvalue weighted by molar-refractivity contribution is 6.31. The molecule has 1 aliphatic rings. The predicted octanol–water partition coefficient (Wildman–Crippen LogP) is 3.80. The van der Waals surface area contributed by atoms with Crippen LogP contribution in [0.1, 0.15) is 37.2 Å². The molecule has 0 aromatic carbocycles. The zero-order valence-electron chi connectivity index (χ0n) is 9.68. The first-order valence-corrected chi connectivity index (χ1v) is 6.10. The fourth-order valence-corrected chi connectivity index (χ4v) is 2.74. The molecule has 0 N–H and O–H groups in total. The van der Waals surface area contributed by atoms with Gasteiger partial charge in [-0.1, -0.05) is 25.4 Å². The number of pyridine rings is 1. The molecule has 2 rings (SSSR count). The Bertz CT molecular complexity index is 371. The zero-order valence-corrected chi connectivity index (χ0v) is 10.4. The number of rotatable bonds is 1. The Labute approximate surface area is 96.9 Å². The molecular weight excluding hydrogens is 206 g/mol. The average molecular weight is 224 g/mol. The summed E-state index contributed by atoms with van der Waals surface area (Å²) in [6.07, 6.45) is 3.47. The summed E-state index contributed by atoms with van der Waals surface area (Å²) in [7, 11) is 0. The molecule has 0 saturated heterocycles. The van der Waals surface area contributed by atoms with Gasteiger partial charge in [0.2, 0.25) is 0 Å². The molecule has 1 unspecified atom stereocenters. The summed E-state index contributed by atoms with van der Waals surface area (Å²) in [4.78, 5) is 4.58.